The minimum Gasteiger partial charge on any atom is -0.360 e. The molecule has 0 unspecified atom stereocenters. The fraction of sp³-hybridized carbons (Fsp3) is 0.294. The van der Waals surface area contributed by atoms with Gasteiger partial charge < -0.3 is 15.1 Å². The Morgan fingerprint density at radius 1 is 1.17 bits per heavy atom. The third-order valence-electron chi connectivity index (χ3n) is 3.99. The Bertz CT molecular complexity index is 705. The van der Waals surface area contributed by atoms with Gasteiger partial charge in [0.05, 0.1) is 9.88 Å². The average Bonchev–Trinajstić information content (AvgIpc) is 3.06. The van der Waals surface area contributed by atoms with E-state index in [1.807, 2.05) is 30.3 Å². The Balaban J connectivity index is 1.57. The molecule has 2 heterocycles. The number of anilines is 2. The number of piperazine rings is 1. The van der Waals surface area contributed by atoms with Crippen molar-refractivity contribution in [2.24, 2.45) is 0 Å². The van der Waals surface area contributed by atoms with Crippen molar-refractivity contribution < 1.29 is 4.79 Å². The zero-order valence-electron chi connectivity index (χ0n) is 13.0. The highest BCUT2D eigenvalue weighted by Crippen LogP contribution is 2.26. The first-order chi connectivity index (χ1) is 11.2. The molecule has 1 saturated heterocycles. The number of rotatable bonds is 3. The summed E-state index contributed by atoms with van der Waals surface area (Å²) in [7, 11) is 0. The summed E-state index contributed by atoms with van der Waals surface area (Å²) < 4.78 is 0. The second-order valence-corrected chi connectivity index (χ2v) is 6.99. The second kappa shape index (κ2) is 7.10. The normalized spacial score (nSPS) is 14.7. The highest BCUT2D eigenvalue weighted by Gasteiger charge is 2.20. The van der Waals surface area contributed by atoms with Crippen molar-refractivity contribution in [3.63, 3.8) is 0 Å². The maximum atomic E-state index is 10.8. The predicted octanol–water partition coefficient (Wildman–Crippen LogP) is 3.39. The first-order valence-corrected chi connectivity index (χ1v) is 8.81. The van der Waals surface area contributed by atoms with Crippen molar-refractivity contribution in [3.8, 4) is 0 Å². The summed E-state index contributed by atoms with van der Waals surface area (Å²) in [6.07, 6.45) is 0.908. The van der Waals surface area contributed by atoms with Crippen LogP contribution < -0.4 is 10.2 Å². The van der Waals surface area contributed by atoms with E-state index in [-0.39, 0.29) is 0 Å². The van der Waals surface area contributed by atoms with E-state index in [1.165, 1.54) is 5.56 Å². The van der Waals surface area contributed by atoms with Crippen LogP contribution in [0.4, 0.5) is 10.7 Å². The maximum Gasteiger partial charge on any atom is 0.173 e. The van der Waals surface area contributed by atoms with Crippen molar-refractivity contribution >= 4 is 45.6 Å². The topological polar surface area (TPSA) is 35.6 Å². The monoisotopic (exact) mass is 345 g/mol. The van der Waals surface area contributed by atoms with Crippen molar-refractivity contribution in [1.82, 2.24) is 4.90 Å². The minimum absolute atomic E-state index is 0.777. The predicted molar refractivity (Wildman–Crippen MR) is 101 cm³/mol. The number of thiocarbonyl (C=S) groups is 1. The lowest BCUT2D eigenvalue weighted by Gasteiger charge is -2.36. The number of carbonyl (C=O) groups excluding carboxylic acids is 1. The standard InChI is InChI=1S/C17H19N3OS2/c1-13-4-2-3-5-15(13)18-17(22)20-10-8-19(9-11-20)16-7-6-14(12-21)23-16/h2-7,12H,8-11H2,1H3,(H,18,22). The quantitative estimate of drug-likeness (QED) is 0.681. The summed E-state index contributed by atoms with van der Waals surface area (Å²) in [6.45, 7) is 5.66. The molecule has 0 aliphatic carbocycles. The van der Waals surface area contributed by atoms with Crippen LogP contribution in [-0.2, 0) is 0 Å². The SMILES string of the molecule is Cc1ccccc1NC(=S)N1CCN(c2ccc(C=O)s2)CC1. The molecular weight excluding hydrogens is 326 g/mol. The Hall–Kier alpha value is -1.92. The third kappa shape index (κ3) is 3.71. The molecule has 0 saturated carbocycles. The molecule has 23 heavy (non-hydrogen) atoms. The van der Waals surface area contributed by atoms with Crippen LogP contribution in [0, 0.1) is 6.92 Å². The maximum absolute atomic E-state index is 10.8. The van der Waals surface area contributed by atoms with Crippen LogP contribution in [0.15, 0.2) is 36.4 Å². The van der Waals surface area contributed by atoms with Crippen LogP contribution in [0.5, 0.6) is 0 Å². The molecular formula is C17H19N3OS2. The summed E-state index contributed by atoms with van der Waals surface area (Å²) in [4.78, 5) is 16.1. The molecule has 4 nitrogen and oxygen atoms in total. The summed E-state index contributed by atoms with van der Waals surface area (Å²) in [5.41, 5.74) is 2.25. The largest absolute Gasteiger partial charge is 0.360 e. The number of hydrogen-bond acceptors (Lipinski definition) is 4. The van der Waals surface area contributed by atoms with E-state index in [0.29, 0.717) is 0 Å². The summed E-state index contributed by atoms with van der Waals surface area (Å²) in [5, 5.41) is 5.28. The lowest BCUT2D eigenvalue weighted by Crippen LogP contribution is -2.49. The van der Waals surface area contributed by atoms with Gasteiger partial charge in [-0.15, -0.1) is 11.3 Å². The zero-order chi connectivity index (χ0) is 16.2. The van der Waals surface area contributed by atoms with E-state index in [0.717, 1.165) is 53.1 Å². The third-order valence-corrected chi connectivity index (χ3v) is 5.43. The van der Waals surface area contributed by atoms with Gasteiger partial charge in [-0.05, 0) is 42.9 Å². The van der Waals surface area contributed by atoms with Gasteiger partial charge in [0.2, 0.25) is 0 Å². The van der Waals surface area contributed by atoms with Crippen LogP contribution in [0.1, 0.15) is 15.2 Å². The molecule has 1 aliphatic heterocycles. The van der Waals surface area contributed by atoms with E-state index in [9.17, 15) is 4.79 Å². The van der Waals surface area contributed by atoms with E-state index < -0.39 is 0 Å². The highest BCUT2D eigenvalue weighted by molar-refractivity contribution is 7.80. The smallest absolute Gasteiger partial charge is 0.173 e. The van der Waals surface area contributed by atoms with Gasteiger partial charge in [-0.2, -0.15) is 0 Å². The number of hydrogen-bond donors (Lipinski definition) is 1. The molecule has 0 spiro atoms. The van der Waals surface area contributed by atoms with E-state index in [4.69, 9.17) is 12.2 Å². The Morgan fingerprint density at radius 3 is 2.57 bits per heavy atom. The first-order valence-electron chi connectivity index (χ1n) is 7.59. The van der Waals surface area contributed by atoms with Crippen LogP contribution in [0.25, 0.3) is 0 Å². The summed E-state index contributed by atoms with van der Waals surface area (Å²) in [6, 6.07) is 12.1. The molecule has 0 amide bonds. The van der Waals surface area contributed by atoms with Gasteiger partial charge in [0, 0.05) is 31.9 Å². The first kappa shape index (κ1) is 16.0. The van der Waals surface area contributed by atoms with Crippen LogP contribution in [0.2, 0.25) is 0 Å². The molecule has 6 heteroatoms. The number of aryl methyl sites for hydroxylation is 1. The molecule has 120 valence electrons. The number of aldehydes is 1. The van der Waals surface area contributed by atoms with Crippen molar-refractivity contribution in [2.75, 3.05) is 36.4 Å². The Kier molecular flexibility index (Phi) is 4.93. The molecule has 0 bridgehead atoms. The van der Waals surface area contributed by atoms with Gasteiger partial charge in [-0.3, -0.25) is 4.79 Å². The fourth-order valence-electron chi connectivity index (χ4n) is 2.61. The Labute approximate surface area is 145 Å². The number of carbonyl (C=O) groups is 1. The van der Waals surface area contributed by atoms with Gasteiger partial charge in [0.1, 0.15) is 0 Å². The van der Waals surface area contributed by atoms with Crippen molar-refractivity contribution in [1.29, 1.82) is 0 Å². The van der Waals surface area contributed by atoms with Gasteiger partial charge in [0.25, 0.3) is 0 Å². The van der Waals surface area contributed by atoms with Crippen LogP contribution >= 0.6 is 23.6 Å². The number of para-hydroxylation sites is 1. The van der Waals surface area contributed by atoms with E-state index in [1.54, 1.807) is 11.3 Å². The van der Waals surface area contributed by atoms with Crippen LogP contribution in [0.3, 0.4) is 0 Å². The van der Waals surface area contributed by atoms with Gasteiger partial charge >= 0.3 is 0 Å². The minimum atomic E-state index is 0.777. The van der Waals surface area contributed by atoms with Gasteiger partial charge in [-0.25, -0.2) is 0 Å². The molecule has 0 atom stereocenters. The van der Waals surface area contributed by atoms with E-state index in [2.05, 4.69) is 28.1 Å². The molecule has 1 aliphatic rings. The summed E-state index contributed by atoms with van der Waals surface area (Å²) >= 11 is 7.09. The zero-order valence-corrected chi connectivity index (χ0v) is 14.6. The van der Waals surface area contributed by atoms with Gasteiger partial charge in [0.15, 0.2) is 11.4 Å². The van der Waals surface area contributed by atoms with Crippen molar-refractivity contribution in [3.05, 3.63) is 46.8 Å². The molecule has 0 radical (unpaired) electrons. The van der Waals surface area contributed by atoms with Gasteiger partial charge in [-0.1, -0.05) is 18.2 Å². The highest BCUT2D eigenvalue weighted by atomic mass is 32.1. The fourth-order valence-corrected chi connectivity index (χ4v) is 3.78. The molecule has 1 aromatic heterocycles. The lowest BCUT2D eigenvalue weighted by atomic mass is 10.2. The molecule has 3 rings (SSSR count). The number of nitrogens with one attached hydrogen (secondary N) is 1. The van der Waals surface area contributed by atoms with E-state index >= 15 is 0 Å². The van der Waals surface area contributed by atoms with Crippen molar-refractivity contribution in [2.45, 2.75) is 6.92 Å². The molecule has 2 aromatic rings. The Morgan fingerprint density at radius 2 is 1.91 bits per heavy atom. The number of thiophene rings is 1. The summed E-state index contributed by atoms with van der Waals surface area (Å²) in [5.74, 6) is 0. The number of nitrogens with zero attached hydrogens (tertiary/aromatic N) is 2. The number of benzene rings is 1. The van der Waals surface area contributed by atoms with Crippen LogP contribution in [-0.4, -0.2) is 42.5 Å². The molecule has 1 fully saturated rings. The average molecular weight is 345 g/mol. The lowest BCUT2D eigenvalue weighted by molar-refractivity contribution is 0.112. The molecule has 1 aromatic carbocycles. The second-order valence-electron chi connectivity index (χ2n) is 5.51. The molecule has 1 N–H and O–H groups in total.